The Morgan fingerprint density at radius 2 is 1.71 bits per heavy atom. The molecular weight excluding hydrogens is 272 g/mol. The molecular formula is C16H32O5. The molecule has 5 nitrogen and oxygen atoms in total. The molecule has 0 aromatic carbocycles. The number of hydrogen-bond acceptors (Lipinski definition) is 5. The predicted molar refractivity (Wildman–Crippen MR) is 81.8 cm³/mol. The zero-order chi connectivity index (χ0) is 16.1. The Kier molecular flexibility index (Phi) is 11.4. The summed E-state index contributed by atoms with van der Waals surface area (Å²) in [6.45, 7) is 9.93. The number of rotatable bonds is 12. The van der Waals surface area contributed by atoms with Crippen LogP contribution in [0.25, 0.3) is 0 Å². The second-order valence-electron chi connectivity index (χ2n) is 5.65. The van der Waals surface area contributed by atoms with Gasteiger partial charge in [0.05, 0.1) is 6.61 Å². The summed E-state index contributed by atoms with van der Waals surface area (Å²) in [6, 6.07) is 0. The van der Waals surface area contributed by atoms with Gasteiger partial charge in [0, 0.05) is 13.8 Å². The van der Waals surface area contributed by atoms with E-state index in [1.54, 1.807) is 13.8 Å². The van der Waals surface area contributed by atoms with E-state index in [0.29, 0.717) is 6.61 Å². The van der Waals surface area contributed by atoms with E-state index in [0.717, 1.165) is 44.9 Å². The van der Waals surface area contributed by atoms with Gasteiger partial charge in [-0.25, -0.2) is 9.68 Å². The van der Waals surface area contributed by atoms with Crippen molar-refractivity contribution in [2.24, 2.45) is 0 Å². The Balaban J connectivity index is 4.01. The van der Waals surface area contributed by atoms with Gasteiger partial charge in [0.1, 0.15) is 6.10 Å². The smallest absolute Gasteiger partial charge is 0.431 e. The molecule has 5 heteroatoms. The Morgan fingerprint density at radius 1 is 1.05 bits per heavy atom. The Labute approximate surface area is 129 Å². The number of unbranched alkanes of at least 4 members (excludes halogenated alkanes) is 3. The molecule has 1 atom stereocenters. The lowest BCUT2D eigenvalue weighted by Gasteiger charge is -2.24. The van der Waals surface area contributed by atoms with Crippen LogP contribution in [-0.2, 0) is 19.2 Å². The fraction of sp³-hybridized carbons (Fsp3) is 0.938. The molecule has 0 rings (SSSR count). The monoisotopic (exact) mass is 304 g/mol. The predicted octanol–water partition coefficient (Wildman–Crippen LogP) is 4.98. The molecule has 21 heavy (non-hydrogen) atoms. The van der Waals surface area contributed by atoms with E-state index < -0.39 is 11.9 Å². The summed E-state index contributed by atoms with van der Waals surface area (Å²) < 4.78 is 10.5. The molecule has 0 fully saturated rings. The third kappa shape index (κ3) is 11.5. The van der Waals surface area contributed by atoms with Crippen LogP contribution in [0.1, 0.15) is 79.6 Å². The molecule has 0 aliphatic heterocycles. The van der Waals surface area contributed by atoms with Crippen molar-refractivity contribution in [1.29, 1.82) is 0 Å². The van der Waals surface area contributed by atoms with Crippen LogP contribution in [0, 0.1) is 0 Å². The first-order chi connectivity index (χ1) is 9.95. The Morgan fingerprint density at radius 3 is 2.29 bits per heavy atom. The largest absolute Gasteiger partial charge is 0.511 e. The molecule has 0 N–H and O–H groups in total. The quantitative estimate of drug-likeness (QED) is 0.167. The van der Waals surface area contributed by atoms with Gasteiger partial charge in [-0.1, -0.05) is 40.0 Å². The Hall–Kier alpha value is -0.810. The van der Waals surface area contributed by atoms with Crippen LogP contribution >= 0.6 is 0 Å². The second-order valence-corrected chi connectivity index (χ2v) is 5.65. The molecule has 0 radical (unpaired) electrons. The van der Waals surface area contributed by atoms with Crippen LogP contribution in [0.3, 0.4) is 0 Å². The highest BCUT2D eigenvalue weighted by Gasteiger charge is 2.27. The summed E-state index contributed by atoms with van der Waals surface area (Å²) in [7, 11) is 0. The van der Waals surface area contributed by atoms with E-state index >= 15 is 0 Å². The van der Waals surface area contributed by atoms with E-state index in [1.807, 2.05) is 6.92 Å². The van der Waals surface area contributed by atoms with Crippen molar-refractivity contribution in [3.8, 4) is 0 Å². The number of carbonyl (C=O) groups is 1. The Bertz CT molecular complexity index is 265. The third-order valence-electron chi connectivity index (χ3n) is 3.02. The molecule has 0 aliphatic rings. The van der Waals surface area contributed by atoms with E-state index in [-0.39, 0.29) is 6.10 Å². The third-order valence-corrected chi connectivity index (χ3v) is 3.02. The van der Waals surface area contributed by atoms with E-state index in [2.05, 4.69) is 13.8 Å². The number of hydrogen-bond donors (Lipinski definition) is 0. The molecule has 0 saturated heterocycles. The lowest BCUT2D eigenvalue weighted by molar-refractivity contribution is -0.407. The van der Waals surface area contributed by atoms with E-state index in [1.165, 1.54) is 0 Å². The zero-order valence-corrected chi connectivity index (χ0v) is 14.3. The van der Waals surface area contributed by atoms with Crippen molar-refractivity contribution in [2.75, 3.05) is 6.61 Å². The average molecular weight is 304 g/mol. The second kappa shape index (κ2) is 11.8. The van der Waals surface area contributed by atoms with Gasteiger partial charge in [0.25, 0.3) is 0 Å². The highest BCUT2D eigenvalue weighted by Crippen LogP contribution is 2.16. The van der Waals surface area contributed by atoms with Crippen LogP contribution in [0.5, 0.6) is 0 Å². The van der Waals surface area contributed by atoms with Gasteiger partial charge in [0.15, 0.2) is 0 Å². The molecule has 0 spiro atoms. The highest BCUT2D eigenvalue weighted by molar-refractivity contribution is 5.60. The summed E-state index contributed by atoms with van der Waals surface area (Å²) in [5, 5.41) is 0. The van der Waals surface area contributed by atoms with Gasteiger partial charge >= 0.3 is 6.16 Å². The fourth-order valence-electron chi connectivity index (χ4n) is 1.73. The topological polar surface area (TPSA) is 54.0 Å². The minimum absolute atomic E-state index is 0.0964. The van der Waals surface area contributed by atoms with Gasteiger partial charge in [0.2, 0.25) is 5.79 Å². The maximum Gasteiger partial charge on any atom is 0.511 e. The normalized spacial score (nSPS) is 13.0. The maximum absolute atomic E-state index is 11.8. The van der Waals surface area contributed by atoms with Gasteiger partial charge in [-0.15, -0.1) is 0 Å². The molecule has 0 amide bonds. The van der Waals surface area contributed by atoms with Crippen molar-refractivity contribution in [3.05, 3.63) is 0 Å². The minimum Gasteiger partial charge on any atom is -0.431 e. The lowest BCUT2D eigenvalue weighted by atomic mass is 10.1. The first kappa shape index (κ1) is 20.2. The van der Waals surface area contributed by atoms with E-state index in [4.69, 9.17) is 19.2 Å². The summed E-state index contributed by atoms with van der Waals surface area (Å²) in [5.74, 6) is -1.15. The SMILES string of the molecule is CCCCCC(CC)OC(=O)OC(C)(C)OOCCCC. The zero-order valence-electron chi connectivity index (χ0n) is 14.3. The molecule has 0 bridgehead atoms. The van der Waals surface area contributed by atoms with Crippen LogP contribution in [0.2, 0.25) is 0 Å². The summed E-state index contributed by atoms with van der Waals surface area (Å²) in [6.07, 6.45) is 6.12. The van der Waals surface area contributed by atoms with Crippen LogP contribution in [0.4, 0.5) is 4.79 Å². The van der Waals surface area contributed by atoms with Crippen LogP contribution in [0.15, 0.2) is 0 Å². The van der Waals surface area contributed by atoms with Gasteiger partial charge in [-0.3, -0.25) is 0 Å². The van der Waals surface area contributed by atoms with Gasteiger partial charge in [-0.2, -0.15) is 4.89 Å². The molecule has 126 valence electrons. The van der Waals surface area contributed by atoms with Crippen LogP contribution in [-0.4, -0.2) is 24.7 Å². The fourth-order valence-corrected chi connectivity index (χ4v) is 1.73. The number of carbonyl (C=O) groups excluding carboxylic acids is 1. The molecule has 0 aromatic rings. The van der Waals surface area contributed by atoms with Gasteiger partial charge in [-0.05, 0) is 25.7 Å². The first-order valence-electron chi connectivity index (χ1n) is 8.15. The van der Waals surface area contributed by atoms with Crippen molar-refractivity contribution < 1.29 is 24.0 Å². The van der Waals surface area contributed by atoms with Crippen molar-refractivity contribution in [3.63, 3.8) is 0 Å². The van der Waals surface area contributed by atoms with Crippen molar-refractivity contribution in [2.45, 2.75) is 91.5 Å². The molecule has 0 heterocycles. The highest BCUT2D eigenvalue weighted by atomic mass is 17.2. The van der Waals surface area contributed by atoms with Crippen LogP contribution < -0.4 is 0 Å². The number of ether oxygens (including phenoxy) is 2. The summed E-state index contributed by atoms with van der Waals surface area (Å²) in [5.41, 5.74) is 0. The van der Waals surface area contributed by atoms with Crippen molar-refractivity contribution >= 4 is 6.16 Å². The molecule has 0 aliphatic carbocycles. The summed E-state index contributed by atoms with van der Waals surface area (Å²) >= 11 is 0. The minimum atomic E-state index is -1.15. The lowest BCUT2D eigenvalue weighted by Crippen LogP contribution is -2.33. The van der Waals surface area contributed by atoms with Crippen molar-refractivity contribution in [1.82, 2.24) is 0 Å². The van der Waals surface area contributed by atoms with Gasteiger partial charge < -0.3 is 9.47 Å². The van der Waals surface area contributed by atoms with E-state index in [9.17, 15) is 4.79 Å². The summed E-state index contributed by atoms with van der Waals surface area (Å²) in [4.78, 5) is 21.9. The molecule has 0 aromatic heterocycles. The standard InChI is InChI=1S/C16H32O5/c1-6-9-11-12-14(8-3)19-15(17)20-16(4,5)21-18-13-10-7-2/h14H,6-13H2,1-5H3. The molecule has 1 unspecified atom stereocenters. The maximum atomic E-state index is 11.8. The average Bonchev–Trinajstić information content (AvgIpc) is 2.42. The molecule has 0 saturated carbocycles. The first-order valence-corrected chi connectivity index (χ1v) is 8.15.